The lowest BCUT2D eigenvalue weighted by atomic mass is 9.90. The molecule has 0 spiro atoms. The van der Waals surface area contributed by atoms with Crippen molar-refractivity contribution in [2.45, 2.75) is 90.6 Å². The molecular formula is C36H59N5O8. The topological polar surface area (TPSA) is 156 Å². The van der Waals surface area contributed by atoms with Crippen molar-refractivity contribution < 1.29 is 38.2 Å². The minimum atomic E-state index is -0.643. The first-order valence-electron chi connectivity index (χ1n) is 17.3. The normalized spacial score (nSPS) is 18.2. The fourth-order valence-corrected chi connectivity index (χ4v) is 6.70. The molecule has 1 aromatic rings. The van der Waals surface area contributed by atoms with Gasteiger partial charge in [0.2, 0.25) is 23.6 Å². The van der Waals surface area contributed by atoms with Crippen LogP contribution in [0, 0.1) is 17.8 Å². The number of nitrogens with one attached hydrogen (secondary N) is 3. The predicted octanol–water partition coefficient (Wildman–Crippen LogP) is 2.27. The number of benzene rings is 1. The van der Waals surface area contributed by atoms with E-state index < -0.39 is 30.2 Å². The maximum absolute atomic E-state index is 13.9. The largest absolute Gasteiger partial charge is 0.497 e. The molecule has 1 aliphatic heterocycles. The van der Waals surface area contributed by atoms with E-state index in [1.807, 2.05) is 27.7 Å². The summed E-state index contributed by atoms with van der Waals surface area (Å²) in [6.45, 7) is 9.78. The van der Waals surface area contributed by atoms with Gasteiger partial charge in [-0.1, -0.05) is 41.0 Å². The van der Waals surface area contributed by atoms with E-state index in [1.165, 1.54) is 14.2 Å². The summed E-state index contributed by atoms with van der Waals surface area (Å²) in [6.07, 6.45) is 0.947. The van der Waals surface area contributed by atoms with Gasteiger partial charge >= 0.3 is 0 Å². The third-order valence-corrected chi connectivity index (χ3v) is 9.81. The summed E-state index contributed by atoms with van der Waals surface area (Å²) in [5, 5.41) is 8.46. The van der Waals surface area contributed by atoms with E-state index in [1.54, 1.807) is 62.2 Å². The minimum Gasteiger partial charge on any atom is -0.497 e. The molecule has 4 amide bonds. The Bertz CT molecular complexity index is 1240. The number of methoxy groups -OCH3 is 3. The lowest BCUT2D eigenvalue weighted by Gasteiger charge is -2.39. The number of Topliss-reactive ketones (excluding diaryl/α,β-unsaturated/α-hetero) is 1. The lowest BCUT2D eigenvalue weighted by molar-refractivity contribution is -0.145. The molecule has 0 bridgehead atoms. The molecule has 1 saturated heterocycles. The quantitative estimate of drug-likeness (QED) is 0.175. The van der Waals surface area contributed by atoms with Gasteiger partial charge in [-0.3, -0.25) is 24.0 Å². The molecule has 1 aromatic carbocycles. The average Bonchev–Trinajstić information content (AvgIpc) is 3.58. The Balaban J connectivity index is 2.11. The molecule has 1 fully saturated rings. The average molecular weight is 690 g/mol. The molecule has 1 aliphatic rings. The zero-order chi connectivity index (χ0) is 36.8. The summed E-state index contributed by atoms with van der Waals surface area (Å²) < 4.78 is 16.9. The van der Waals surface area contributed by atoms with Gasteiger partial charge in [-0.05, 0) is 56.0 Å². The number of amides is 4. The van der Waals surface area contributed by atoms with E-state index in [-0.39, 0.29) is 66.8 Å². The Hall–Kier alpha value is -3.55. The van der Waals surface area contributed by atoms with Crippen LogP contribution >= 0.6 is 0 Å². The SMILES string of the molecule is CC[C@H](C)C(C(CC(=O)N1CCCC1C(OC)C(C)C(=O)NCC(=O)c1ccc(OC)cc1)OC)N(C)C(=O)CNC(=O)C(NC)C(C)C. The van der Waals surface area contributed by atoms with Crippen LogP contribution in [0.15, 0.2) is 24.3 Å². The molecule has 6 unspecified atom stereocenters. The number of hydrogen-bond acceptors (Lipinski definition) is 9. The molecule has 276 valence electrons. The second kappa shape index (κ2) is 20.2. The first-order chi connectivity index (χ1) is 23.2. The van der Waals surface area contributed by atoms with E-state index in [4.69, 9.17) is 14.2 Å². The van der Waals surface area contributed by atoms with Crippen LogP contribution in [0.1, 0.15) is 70.7 Å². The number of rotatable bonds is 20. The van der Waals surface area contributed by atoms with Crippen LogP contribution < -0.4 is 20.7 Å². The van der Waals surface area contributed by atoms with Crippen LogP contribution in [0.5, 0.6) is 5.75 Å². The first kappa shape index (κ1) is 41.6. The molecule has 1 heterocycles. The number of hydrogen-bond donors (Lipinski definition) is 3. The Labute approximate surface area is 292 Å². The number of likely N-dealkylation sites (N-methyl/N-ethyl adjacent to an activating group) is 2. The number of ketones is 1. The molecule has 3 N–H and O–H groups in total. The van der Waals surface area contributed by atoms with E-state index >= 15 is 0 Å². The number of nitrogens with zero attached hydrogens (tertiary/aromatic N) is 2. The van der Waals surface area contributed by atoms with Crippen molar-refractivity contribution in [3.8, 4) is 5.75 Å². The molecule has 49 heavy (non-hydrogen) atoms. The van der Waals surface area contributed by atoms with Crippen LogP contribution in [0.25, 0.3) is 0 Å². The highest BCUT2D eigenvalue weighted by atomic mass is 16.5. The maximum atomic E-state index is 13.9. The van der Waals surface area contributed by atoms with Crippen LogP contribution in [-0.2, 0) is 28.7 Å². The first-order valence-corrected chi connectivity index (χ1v) is 17.3. The van der Waals surface area contributed by atoms with Crippen LogP contribution in [0.3, 0.4) is 0 Å². The van der Waals surface area contributed by atoms with Crippen molar-refractivity contribution in [3.63, 3.8) is 0 Å². The van der Waals surface area contributed by atoms with Crippen LogP contribution in [-0.4, -0.2) is 125 Å². The summed E-state index contributed by atoms with van der Waals surface area (Å²) >= 11 is 0. The minimum absolute atomic E-state index is 0.00596. The molecule has 13 nitrogen and oxygen atoms in total. The Morgan fingerprint density at radius 1 is 0.939 bits per heavy atom. The second-order valence-corrected chi connectivity index (χ2v) is 13.2. The maximum Gasteiger partial charge on any atom is 0.242 e. The van der Waals surface area contributed by atoms with Gasteiger partial charge < -0.3 is 40.0 Å². The third kappa shape index (κ3) is 11.2. The van der Waals surface area contributed by atoms with Gasteiger partial charge in [0.15, 0.2) is 5.78 Å². The Kier molecular flexibility index (Phi) is 17.2. The number of carbonyl (C=O) groups is 5. The molecule has 0 aromatic heterocycles. The highest BCUT2D eigenvalue weighted by Crippen LogP contribution is 2.29. The molecule has 0 radical (unpaired) electrons. The van der Waals surface area contributed by atoms with E-state index in [0.29, 0.717) is 24.3 Å². The van der Waals surface area contributed by atoms with Crippen LogP contribution in [0.4, 0.5) is 0 Å². The van der Waals surface area contributed by atoms with Gasteiger partial charge in [0.1, 0.15) is 5.75 Å². The summed E-state index contributed by atoms with van der Waals surface area (Å²) in [5.74, 6) is -1.24. The highest BCUT2D eigenvalue weighted by Gasteiger charge is 2.42. The standard InChI is InChI=1S/C36H59N5O8/c1-11-23(4)33(40(7)31(44)21-39-36(46)32(37-6)22(2)3)29(48-9)19-30(43)41-18-12-13-27(41)34(49-10)24(5)35(45)38-20-28(42)25-14-16-26(47-8)17-15-25/h14-17,22-24,27,29,32-34,37H,11-13,18-21H2,1-10H3,(H,38,45)(H,39,46)/t23-,24?,27?,29?,32?,33?,34?/m0/s1. The van der Waals surface area contributed by atoms with E-state index in [2.05, 4.69) is 16.0 Å². The fraction of sp³-hybridized carbons (Fsp3) is 0.694. The van der Waals surface area contributed by atoms with Gasteiger partial charge in [-0.15, -0.1) is 0 Å². The van der Waals surface area contributed by atoms with Crippen molar-refractivity contribution in [2.24, 2.45) is 17.8 Å². The third-order valence-electron chi connectivity index (χ3n) is 9.81. The van der Waals surface area contributed by atoms with Crippen molar-refractivity contribution in [1.29, 1.82) is 0 Å². The highest BCUT2D eigenvalue weighted by molar-refractivity contribution is 5.99. The lowest BCUT2D eigenvalue weighted by Crippen LogP contribution is -2.55. The number of ether oxygens (including phenoxy) is 3. The number of likely N-dealkylation sites (tertiary alicyclic amines) is 1. The van der Waals surface area contributed by atoms with Crippen molar-refractivity contribution in [1.82, 2.24) is 25.8 Å². The van der Waals surface area contributed by atoms with E-state index in [0.717, 1.165) is 12.8 Å². The van der Waals surface area contributed by atoms with Gasteiger partial charge in [0.05, 0.1) is 62.9 Å². The van der Waals surface area contributed by atoms with Crippen LogP contribution in [0.2, 0.25) is 0 Å². The monoisotopic (exact) mass is 689 g/mol. The predicted molar refractivity (Wildman–Crippen MR) is 187 cm³/mol. The van der Waals surface area contributed by atoms with E-state index in [9.17, 15) is 24.0 Å². The van der Waals surface area contributed by atoms with Crippen molar-refractivity contribution >= 4 is 29.4 Å². The smallest absolute Gasteiger partial charge is 0.242 e. The molecule has 7 atom stereocenters. The summed E-state index contributed by atoms with van der Waals surface area (Å²) in [4.78, 5) is 69.1. The van der Waals surface area contributed by atoms with Gasteiger partial charge in [0, 0.05) is 33.4 Å². The van der Waals surface area contributed by atoms with Gasteiger partial charge in [-0.25, -0.2) is 0 Å². The zero-order valence-electron chi connectivity index (χ0n) is 31.0. The van der Waals surface area contributed by atoms with Gasteiger partial charge in [-0.2, -0.15) is 0 Å². The van der Waals surface area contributed by atoms with Crippen molar-refractivity contribution in [2.75, 3.05) is 55.1 Å². The molecule has 13 heteroatoms. The molecule has 0 aliphatic carbocycles. The fourth-order valence-electron chi connectivity index (χ4n) is 6.70. The molecule has 0 saturated carbocycles. The van der Waals surface area contributed by atoms with Crippen molar-refractivity contribution in [3.05, 3.63) is 29.8 Å². The Morgan fingerprint density at radius 3 is 2.10 bits per heavy atom. The second-order valence-electron chi connectivity index (χ2n) is 13.2. The zero-order valence-corrected chi connectivity index (χ0v) is 31.0. The summed E-state index contributed by atoms with van der Waals surface area (Å²) in [5.41, 5.74) is 0.457. The summed E-state index contributed by atoms with van der Waals surface area (Å²) in [7, 11) is 7.99. The molecular weight excluding hydrogens is 630 g/mol. The summed E-state index contributed by atoms with van der Waals surface area (Å²) in [6, 6.07) is 5.46. The Morgan fingerprint density at radius 2 is 1.57 bits per heavy atom. The van der Waals surface area contributed by atoms with Gasteiger partial charge in [0.25, 0.3) is 0 Å². The molecule has 2 rings (SSSR count). The number of carbonyl (C=O) groups excluding carboxylic acids is 5.